The van der Waals surface area contributed by atoms with Gasteiger partial charge in [0.1, 0.15) is 6.10 Å². The Morgan fingerprint density at radius 2 is 1.31 bits per heavy atom. The third-order valence-electron chi connectivity index (χ3n) is 12.3. The van der Waals surface area contributed by atoms with Crippen LogP contribution in [0.4, 0.5) is 0 Å². The number of aliphatic hydroxyl groups excluding tert-OH is 2. The van der Waals surface area contributed by atoms with Crippen molar-refractivity contribution in [3.05, 3.63) is 0 Å². The SMILES string of the molecule is COC(=O)C[C@H]1O[C@@](O)([C@H](O)[C@H](O)C[C@H](OC)[C@H](CCO[Si](C)(C)C(C)(C)C)O[Si](C)(C)C(C)(C)C)[C@H](C)[C@@H](O[Si](C)(C)C(C)(C)C)[C@H]1C. The van der Waals surface area contributed by atoms with Gasteiger partial charge in [-0.2, -0.15) is 0 Å². The number of carbonyl (C=O) groups is 1. The van der Waals surface area contributed by atoms with E-state index in [1.165, 1.54) is 7.11 Å². The van der Waals surface area contributed by atoms with E-state index in [1.54, 1.807) is 14.0 Å². The number of ether oxygens (including phenoxy) is 3. The monoisotopic (exact) mass is 752 g/mol. The van der Waals surface area contributed by atoms with Gasteiger partial charge in [0.2, 0.25) is 0 Å². The summed E-state index contributed by atoms with van der Waals surface area (Å²) >= 11 is 0. The van der Waals surface area contributed by atoms with Gasteiger partial charge in [0.05, 0.1) is 44.1 Å². The second-order valence-electron chi connectivity index (χ2n) is 19.0. The molecule has 0 radical (unpaired) electrons. The van der Waals surface area contributed by atoms with E-state index in [4.69, 9.17) is 27.5 Å². The molecule has 0 unspecified atom stereocenters. The van der Waals surface area contributed by atoms with Crippen LogP contribution < -0.4 is 0 Å². The Kier molecular flexibility index (Phi) is 16.1. The summed E-state index contributed by atoms with van der Waals surface area (Å²) in [7, 11) is -3.82. The molecule has 49 heavy (non-hydrogen) atoms. The molecule has 0 aromatic carbocycles. The molecule has 9 atom stereocenters. The smallest absolute Gasteiger partial charge is 0.308 e. The van der Waals surface area contributed by atoms with Gasteiger partial charge in [-0.3, -0.25) is 4.79 Å². The fourth-order valence-corrected chi connectivity index (χ4v) is 9.36. The molecule has 1 aliphatic rings. The molecule has 3 N–H and O–H groups in total. The fraction of sp³-hybridized carbons (Fsp3) is 0.972. The van der Waals surface area contributed by atoms with Crippen molar-refractivity contribution in [2.75, 3.05) is 20.8 Å². The average molecular weight is 753 g/mol. The van der Waals surface area contributed by atoms with Gasteiger partial charge in [-0.25, -0.2) is 0 Å². The highest BCUT2D eigenvalue weighted by atomic mass is 28.4. The number of carbonyl (C=O) groups excluding carboxylic acids is 1. The van der Waals surface area contributed by atoms with Gasteiger partial charge in [-0.15, -0.1) is 0 Å². The molecular weight excluding hydrogens is 677 g/mol. The zero-order valence-electron chi connectivity index (χ0n) is 34.6. The molecule has 10 nitrogen and oxygen atoms in total. The van der Waals surface area contributed by atoms with Crippen molar-refractivity contribution in [3.63, 3.8) is 0 Å². The first-order valence-electron chi connectivity index (χ1n) is 18.1. The van der Waals surface area contributed by atoms with Crippen LogP contribution in [-0.4, -0.2) is 109 Å². The summed E-state index contributed by atoms with van der Waals surface area (Å²) < 4.78 is 37.5. The predicted octanol–water partition coefficient (Wildman–Crippen LogP) is 7.23. The predicted molar refractivity (Wildman–Crippen MR) is 204 cm³/mol. The van der Waals surface area contributed by atoms with Gasteiger partial charge in [0.15, 0.2) is 30.7 Å². The van der Waals surface area contributed by atoms with Crippen molar-refractivity contribution in [2.24, 2.45) is 11.8 Å². The Morgan fingerprint density at radius 3 is 1.73 bits per heavy atom. The molecule has 292 valence electrons. The van der Waals surface area contributed by atoms with Crippen LogP contribution >= 0.6 is 0 Å². The van der Waals surface area contributed by atoms with Crippen molar-refractivity contribution in [1.82, 2.24) is 0 Å². The number of methoxy groups -OCH3 is 2. The first-order chi connectivity index (χ1) is 21.8. The molecule has 0 aromatic heterocycles. The Balaban J connectivity index is 3.48. The molecule has 0 spiro atoms. The summed E-state index contributed by atoms with van der Waals surface area (Å²) in [5, 5.41) is 35.6. The van der Waals surface area contributed by atoms with Crippen molar-refractivity contribution in [1.29, 1.82) is 0 Å². The number of rotatable bonds is 16. The van der Waals surface area contributed by atoms with Crippen LogP contribution in [-0.2, 0) is 32.3 Å². The molecule has 1 fully saturated rings. The lowest BCUT2D eigenvalue weighted by molar-refractivity contribution is -0.358. The maximum absolute atomic E-state index is 12.5. The van der Waals surface area contributed by atoms with E-state index in [2.05, 4.69) is 102 Å². The third kappa shape index (κ3) is 11.6. The first kappa shape index (κ1) is 46.8. The minimum absolute atomic E-state index is 0.0274. The second-order valence-corrected chi connectivity index (χ2v) is 33.3. The Bertz CT molecular complexity index is 1050. The number of hydrogen-bond donors (Lipinski definition) is 3. The molecule has 0 bridgehead atoms. The summed E-state index contributed by atoms with van der Waals surface area (Å²) in [6.45, 7) is 36.8. The van der Waals surface area contributed by atoms with Gasteiger partial charge in [-0.1, -0.05) is 76.2 Å². The van der Waals surface area contributed by atoms with Crippen molar-refractivity contribution < 1.29 is 47.6 Å². The fourth-order valence-electron chi connectivity index (χ4n) is 5.47. The Hall–Kier alpha value is -0.199. The Labute approximate surface area is 302 Å². The van der Waals surface area contributed by atoms with Crippen LogP contribution in [0.25, 0.3) is 0 Å². The maximum Gasteiger partial charge on any atom is 0.308 e. The lowest BCUT2D eigenvalue weighted by Gasteiger charge is -2.54. The van der Waals surface area contributed by atoms with Gasteiger partial charge in [0, 0.05) is 32.0 Å². The van der Waals surface area contributed by atoms with Crippen LogP contribution in [0.1, 0.15) is 95.4 Å². The van der Waals surface area contributed by atoms with E-state index in [9.17, 15) is 20.1 Å². The van der Waals surface area contributed by atoms with Crippen LogP contribution in [0.3, 0.4) is 0 Å². The summed E-state index contributed by atoms with van der Waals surface area (Å²) in [5.74, 6) is -3.77. The van der Waals surface area contributed by atoms with Crippen molar-refractivity contribution in [2.45, 2.75) is 192 Å². The topological polar surface area (TPSA) is 133 Å². The van der Waals surface area contributed by atoms with Gasteiger partial charge in [0.25, 0.3) is 0 Å². The minimum atomic E-state index is -2.37. The van der Waals surface area contributed by atoms with Gasteiger partial charge >= 0.3 is 5.97 Å². The highest BCUT2D eigenvalue weighted by molar-refractivity contribution is 6.75. The van der Waals surface area contributed by atoms with E-state index >= 15 is 0 Å². The van der Waals surface area contributed by atoms with E-state index < -0.39 is 79.3 Å². The largest absolute Gasteiger partial charge is 0.469 e. The number of esters is 1. The average Bonchev–Trinajstić information content (AvgIpc) is 2.93. The van der Waals surface area contributed by atoms with Crippen LogP contribution in [0.15, 0.2) is 0 Å². The zero-order valence-corrected chi connectivity index (χ0v) is 37.6. The van der Waals surface area contributed by atoms with Crippen LogP contribution in [0, 0.1) is 11.8 Å². The standard InChI is InChI=1S/C36H76O10Si3/c1-24-28(23-30(38)42-13)44-36(40,25(2)31(24)46-49(18,19)35(9,10)11)32(39)26(37)22-29(41-12)27(45-48(16,17)34(6,7)8)20-21-43-47(14,15)33(3,4)5/h24-29,31-32,37,39-40H,20-23H2,1-19H3/t24-,25+,26+,27-,28+,29-,31-,32+,36+/m0/s1. The maximum atomic E-state index is 12.5. The molecule has 13 heteroatoms. The van der Waals surface area contributed by atoms with Crippen molar-refractivity contribution >= 4 is 30.9 Å². The molecule has 0 aromatic rings. The quantitative estimate of drug-likeness (QED) is 0.110. The molecular formula is C36H76O10Si3. The van der Waals surface area contributed by atoms with Crippen LogP contribution in [0.2, 0.25) is 54.4 Å². The summed E-state index contributed by atoms with van der Waals surface area (Å²) in [6, 6.07) is 0. The van der Waals surface area contributed by atoms with E-state index in [-0.39, 0.29) is 33.9 Å². The summed E-state index contributed by atoms with van der Waals surface area (Å²) in [6.07, 6.45) is -5.24. The number of hydrogen-bond acceptors (Lipinski definition) is 10. The second kappa shape index (κ2) is 16.9. The minimum Gasteiger partial charge on any atom is -0.469 e. The molecule has 1 heterocycles. The molecule has 1 aliphatic heterocycles. The first-order valence-corrected chi connectivity index (χ1v) is 26.9. The van der Waals surface area contributed by atoms with E-state index in [0.717, 1.165) is 0 Å². The van der Waals surface area contributed by atoms with E-state index in [0.29, 0.717) is 13.0 Å². The summed E-state index contributed by atoms with van der Waals surface area (Å²) in [5.41, 5.74) is 0. The lowest BCUT2D eigenvalue weighted by atomic mass is 9.76. The molecule has 1 saturated heterocycles. The summed E-state index contributed by atoms with van der Waals surface area (Å²) in [4.78, 5) is 12.5. The van der Waals surface area contributed by atoms with Crippen LogP contribution in [0.5, 0.6) is 0 Å². The van der Waals surface area contributed by atoms with E-state index in [1.807, 2.05) is 6.92 Å². The molecule has 0 saturated carbocycles. The highest BCUT2D eigenvalue weighted by Crippen LogP contribution is 2.47. The number of aliphatic hydroxyl groups is 3. The van der Waals surface area contributed by atoms with Gasteiger partial charge in [-0.05, 0) is 60.8 Å². The molecule has 0 aliphatic carbocycles. The molecule has 0 amide bonds. The van der Waals surface area contributed by atoms with Gasteiger partial charge < -0.3 is 42.8 Å². The Morgan fingerprint density at radius 1 is 0.816 bits per heavy atom. The molecule has 1 rings (SSSR count). The zero-order chi connectivity index (χ0) is 38.8. The third-order valence-corrected chi connectivity index (χ3v) is 25.8. The van der Waals surface area contributed by atoms with Crippen molar-refractivity contribution in [3.8, 4) is 0 Å². The normalized spacial score (nSPS) is 27.4. The highest BCUT2D eigenvalue weighted by Gasteiger charge is 2.58. The lowest BCUT2D eigenvalue weighted by Crippen LogP contribution is -2.67.